The lowest BCUT2D eigenvalue weighted by atomic mass is 9.73. The van der Waals surface area contributed by atoms with Gasteiger partial charge in [0.15, 0.2) is 0 Å². The van der Waals surface area contributed by atoms with Gasteiger partial charge < -0.3 is 19.9 Å². The smallest absolute Gasteiger partial charge is 0.323 e. The number of hydrogen-bond acceptors (Lipinski definition) is 4. The number of carbonyl (C=O) groups excluding carboxylic acids is 2. The Morgan fingerprint density at radius 1 is 0.923 bits per heavy atom. The fraction of sp³-hybridized carbons (Fsp3) is 0.375. The maximum absolute atomic E-state index is 13.9. The molecule has 2 aliphatic heterocycles. The first-order valence-corrected chi connectivity index (χ1v) is 13.8. The highest BCUT2D eigenvalue weighted by molar-refractivity contribution is 6.06. The Kier molecular flexibility index (Phi) is 6.55. The monoisotopic (exact) mass is 524 g/mol. The molecule has 3 aliphatic rings. The topological polar surface area (TPSA) is 65.1 Å². The van der Waals surface area contributed by atoms with Crippen LogP contribution in [-0.4, -0.2) is 49.6 Å². The zero-order chi connectivity index (χ0) is 27.1. The molecule has 202 valence electrons. The number of nitrogens with one attached hydrogen (secondary N) is 1. The third kappa shape index (κ3) is 4.44. The summed E-state index contributed by atoms with van der Waals surface area (Å²) in [6.45, 7) is 0.476. The normalized spacial score (nSPS) is 24.4. The molecule has 6 rings (SSSR count). The van der Waals surface area contributed by atoms with E-state index in [4.69, 9.17) is 4.74 Å². The van der Waals surface area contributed by atoms with E-state index in [1.165, 1.54) is 0 Å². The van der Waals surface area contributed by atoms with Crippen molar-refractivity contribution in [2.24, 2.45) is 0 Å². The standard InChI is InChI=1S/C32H36N4O3/c1-34(2)24-16-18-32(19-17-24)30(23-8-5-4-6-9-23)36(31(38)33-32)28-11-7-10-27-26(28)20-29(37)35(27)21-22-12-14-25(39-3)15-13-22/h4-15,24,30H,16-21H2,1-3H3,(H,33,38). The summed E-state index contributed by atoms with van der Waals surface area (Å²) >= 11 is 0. The highest BCUT2D eigenvalue weighted by Crippen LogP contribution is 2.50. The Labute approximate surface area is 230 Å². The first-order chi connectivity index (χ1) is 18.9. The number of urea groups is 1. The molecule has 39 heavy (non-hydrogen) atoms. The Bertz CT molecular complexity index is 1360. The molecule has 0 aromatic heterocycles. The van der Waals surface area contributed by atoms with Gasteiger partial charge in [-0.15, -0.1) is 0 Å². The molecule has 3 aromatic rings. The number of methoxy groups -OCH3 is 1. The molecule has 1 atom stereocenters. The lowest BCUT2D eigenvalue weighted by Gasteiger charge is -2.43. The van der Waals surface area contributed by atoms with Crippen LogP contribution in [0.5, 0.6) is 5.75 Å². The molecule has 7 nitrogen and oxygen atoms in total. The number of hydrogen-bond donors (Lipinski definition) is 1. The minimum absolute atomic E-state index is 0.0466. The summed E-state index contributed by atoms with van der Waals surface area (Å²) in [5.41, 5.74) is 4.43. The molecular weight excluding hydrogens is 488 g/mol. The van der Waals surface area contributed by atoms with Crippen molar-refractivity contribution in [3.8, 4) is 5.75 Å². The van der Waals surface area contributed by atoms with Crippen LogP contribution < -0.4 is 19.9 Å². The van der Waals surface area contributed by atoms with Crippen LogP contribution in [0, 0.1) is 0 Å². The molecule has 1 spiro atoms. The van der Waals surface area contributed by atoms with Crippen LogP contribution in [0.4, 0.5) is 16.2 Å². The summed E-state index contributed by atoms with van der Waals surface area (Å²) < 4.78 is 5.28. The average Bonchev–Trinajstić information content (AvgIpc) is 3.42. The van der Waals surface area contributed by atoms with Gasteiger partial charge in [0, 0.05) is 17.3 Å². The van der Waals surface area contributed by atoms with E-state index < -0.39 is 0 Å². The molecular formula is C32H36N4O3. The van der Waals surface area contributed by atoms with Crippen molar-refractivity contribution in [2.75, 3.05) is 31.0 Å². The van der Waals surface area contributed by atoms with E-state index in [1.54, 1.807) is 7.11 Å². The minimum Gasteiger partial charge on any atom is -0.497 e. The van der Waals surface area contributed by atoms with Gasteiger partial charge in [-0.2, -0.15) is 0 Å². The van der Waals surface area contributed by atoms with Gasteiger partial charge in [0.2, 0.25) is 5.91 Å². The Morgan fingerprint density at radius 2 is 1.62 bits per heavy atom. The zero-order valence-electron chi connectivity index (χ0n) is 22.9. The molecule has 3 amide bonds. The molecule has 1 saturated carbocycles. The maximum atomic E-state index is 13.9. The summed E-state index contributed by atoms with van der Waals surface area (Å²) in [4.78, 5) is 33.3. The van der Waals surface area contributed by atoms with Crippen molar-refractivity contribution in [1.82, 2.24) is 10.2 Å². The molecule has 2 fully saturated rings. The van der Waals surface area contributed by atoms with Crippen molar-refractivity contribution < 1.29 is 14.3 Å². The van der Waals surface area contributed by atoms with Crippen LogP contribution in [0.3, 0.4) is 0 Å². The highest BCUT2D eigenvalue weighted by atomic mass is 16.5. The molecule has 2 heterocycles. The van der Waals surface area contributed by atoms with Crippen molar-refractivity contribution in [2.45, 2.75) is 56.3 Å². The summed E-state index contributed by atoms with van der Waals surface area (Å²) in [5, 5.41) is 3.45. The lowest BCUT2D eigenvalue weighted by Crippen LogP contribution is -2.50. The number of carbonyl (C=O) groups is 2. The van der Waals surface area contributed by atoms with Crippen LogP contribution in [0.25, 0.3) is 0 Å². The SMILES string of the molecule is COc1ccc(CN2C(=O)Cc3c2cccc3N2C(=O)NC3(CCC(N(C)C)CC3)C2c2ccccc2)cc1. The minimum atomic E-state index is -0.348. The number of fused-ring (bicyclic) bond motifs is 1. The van der Waals surface area contributed by atoms with Crippen LogP contribution >= 0.6 is 0 Å². The first kappa shape index (κ1) is 25.4. The van der Waals surface area contributed by atoms with E-state index in [0.29, 0.717) is 12.6 Å². The van der Waals surface area contributed by atoms with Crippen molar-refractivity contribution in [3.05, 3.63) is 89.5 Å². The van der Waals surface area contributed by atoms with Gasteiger partial charge in [0.1, 0.15) is 5.75 Å². The van der Waals surface area contributed by atoms with E-state index in [0.717, 1.165) is 59.5 Å². The van der Waals surface area contributed by atoms with Gasteiger partial charge in [0.25, 0.3) is 0 Å². The van der Waals surface area contributed by atoms with E-state index in [9.17, 15) is 9.59 Å². The molecule has 1 N–H and O–H groups in total. The highest BCUT2D eigenvalue weighted by Gasteiger charge is 2.54. The molecule has 1 aliphatic carbocycles. The van der Waals surface area contributed by atoms with E-state index in [-0.39, 0.29) is 29.9 Å². The Morgan fingerprint density at radius 3 is 2.28 bits per heavy atom. The predicted molar refractivity (Wildman–Crippen MR) is 153 cm³/mol. The maximum Gasteiger partial charge on any atom is 0.323 e. The summed E-state index contributed by atoms with van der Waals surface area (Å²) in [7, 11) is 5.92. The van der Waals surface area contributed by atoms with Crippen molar-refractivity contribution in [1.29, 1.82) is 0 Å². The van der Waals surface area contributed by atoms with Gasteiger partial charge >= 0.3 is 6.03 Å². The van der Waals surface area contributed by atoms with E-state index in [1.807, 2.05) is 70.5 Å². The quantitative estimate of drug-likeness (QED) is 0.475. The van der Waals surface area contributed by atoms with Crippen LogP contribution in [0.1, 0.15) is 48.4 Å². The van der Waals surface area contributed by atoms with Crippen molar-refractivity contribution in [3.63, 3.8) is 0 Å². The van der Waals surface area contributed by atoms with Gasteiger partial charge in [-0.25, -0.2) is 4.79 Å². The fourth-order valence-electron chi connectivity index (χ4n) is 6.78. The molecule has 0 radical (unpaired) electrons. The van der Waals surface area contributed by atoms with Gasteiger partial charge in [-0.1, -0.05) is 48.5 Å². The Balaban J connectivity index is 1.37. The largest absolute Gasteiger partial charge is 0.497 e. The van der Waals surface area contributed by atoms with Crippen LogP contribution in [0.2, 0.25) is 0 Å². The van der Waals surface area contributed by atoms with Crippen molar-refractivity contribution >= 4 is 23.3 Å². The summed E-state index contributed by atoms with van der Waals surface area (Å²) in [5.74, 6) is 0.833. The van der Waals surface area contributed by atoms with Gasteiger partial charge in [0.05, 0.1) is 37.3 Å². The van der Waals surface area contributed by atoms with Gasteiger partial charge in [-0.3, -0.25) is 9.69 Å². The zero-order valence-corrected chi connectivity index (χ0v) is 22.9. The third-order valence-corrected chi connectivity index (χ3v) is 8.85. The molecule has 1 saturated heterocycles. The van der Waals surface area contributed by atoms with Crippen LogP contribution in [0.15, 0.2) is 72.8 Å². The van der Waals surface area contributed by atoms with E-state index in [2.05, 4.69) is 36.4 Å². The number of amides is 3. The second kappa shape index (κ2) is 10.0. The summed E-state index contributed by atoms with van der Waals surface area (Å²) in [6, 6.07) is 24.4. The lowest BCUT2D eigenvalue weighted by molar-refractivity contribution is -0.117. The number of anilines is 2. The molecule has 3 aromatic carbocycles. The fourth-order valence-corrected chi connectivity index (χ4v) is 6.78. The number of rotatable bonds is 6. The predicted octanol–water partition coefficient (Wildman–Crippen LogP) is 5.30. The van der Waals surface area contributed by atoms with Gasteiger partial charge in [-0.05, 0) is 75.2 Å². The summed E-state index contributed by atoms with van der Waals surface area (Å²) in [6.07, 6.45) is 4.17. The Hall–Kier alpha value is -3.84. The molecule has 7 heteroatoms. The average molecular weight is 525 g/mol. The molecule has 0 bridgehead atoms. The molecule has 1 unspecified atom stereocenters. The first-order valence-electron chi connectivity index (χ1n) is 13.8. The van der Waals surface area contributed by atoms with Crippen LogP contribution in [-0.2, 0) is 17.8 Å². The number of nitrogens with zero attached hydrogens (tertiary/aromatic N) is 3. The number of benzene rings is 3. The second-order valence-corrected chi connectivity index (χ2v) is 11.2. The third-order valence-electron chi connectivity index (χ3n) is 8.85. The van der Waals surface area contributed by atoms with E-state index >= 15 is 0 Å². The second-order valence-electron chi connectivity index (χ2n) is 11.2. The number of ether oxygens (including phenoxy) is 1.